The minimum absolute atomic E-state index is 0.258. The Labute approximate surface area is 117 Å². The Hall–Kier alpha value is -2.36. The number of aryl methyl sites for hydroxylation is 1. The van der Waals surface area contributed by atoms with Crippen molar-refractivity contribution in [3.8, 4) is 0 Å². The summed E-state index contributed by atoms with van der Waals surface area (Å²) in [5, 5.41) is 5.86. The summed E-state index contributed by atoms with van der Waals surface area (Å²) in [5.74, 6) is -0.634. The molecular weight excluding hydrogens is 255 g/mol. The van der Waals surface area contributed by atoms with Crippen molar-refractivity contribution in [1.29, 1.82) is 0 Å². The molecule has 104 valence electrons. The fourth-order valence-corrected chi connectivity index (χ4v) is 1.96. The van der Waals surface area contributed by atoms with E-state index in [1.54, 1.807) is 18.2 Å². The van der Waals surface area contributed by atoms with E-state index >= 15 is 0 Å². The molecule has 0 fully saturated rings. The highest BCUT2D eigenvalue weighted by atomic mass is 19.1. The van der Waals surface area contributed by atoms with Crippen LogP contribution in [0.15, 0.2) is 42.5 Å². The van der Waals surface area contributed by atoms with E-state index in [0.29, 0.717) is 11.3 Å². The van der Waals surface area contributed by atoms with E-state index in [1.165, 1.54) is 12.1 Å². The molecule has 0 spiro atoms. The summed E-state index contributed by atoms with van der Waals surface area (Å²) in [7, 11) is 0. The molecule has 0 aromatic heterocycles. The second-order valence-electron chi connectivity index (χ2n) is 4.54. The molecule has 0 aliphatic carbocycles. The van der Waals surface area contributed by atoms with Gasteiger partial charge in [0.05, 0.1) is 5.56 Å². The van der Waals surface area contributed by atoms with Gasteiger partial charge in [0.2, 0.25) is 0 Å². The molecule has 0 atom stereocenters. The van der Waals surface area contributed by atoms with Crippen LogP contribution >= 0.6 is 0 Å². The smallest absolute Gasteiger partial charge is 0.257 e. The number of anilines is 2. The van der Waals surface area contributed by atoms with Crippen LogP contribution in [0, 0.1) is 12.7 Å². The third-order valence-electron chi connectivity index (χ3n) is 2.87. The Morgan fingerprint density at radius 3 is 2.70 bits per heavy atom. The van der Waals surface area contributed by atoms with E-state index in [1.807, 2.05) is 26.0 Å². The summed E-state index contributed by atoms with van der Waals surface area (Å²) >= 11 is 0. The van der Waals surface area contributed by atoms with Crippen molar-refractivity contribution in [2.45, 2.75) is 13.8 Å². The molecule has 20 heavy (non-hydrogen) atoms. The first kappa shape index (κ1) is 14.1. The van der Waals surface area contributed by atoms with E-state index in [0.717, 1.165) is 17.8 Å². The molecule has 2 N–H and O–H groups in total. The normalized spacial score (nSPS) is 10.2. The number of carbonyl (C=O) groups is 1. The lowest BCUT2D eigenvalue weighted by Gasteiger charge is -2.12. The zero-order chi connectivity index (χ0) is 14.5. The summed E-state index contributed by atoms with van der Waals surface area (Å²) in [6.45, 7) is 4.66. The van der Waals surface area contributed by atoms with Gasteiger partial charge in [0, 0.05) is 17.9 Å². The molecule has 0 saturated carbocycles. The molecule has 1 amide bonds. The molecule has 0 aliphatic heterocycles. The number of amides is 1. The summed E-state index contributed by atoms with van der Waals surface area (Å²) in [6.07, 6.45) is 0. The van der Waals surface area contributed by atoms with Crippen LogP contribution in [0.4, 0.5) is 15.8 Å². The van der Waals surface area contributed by atoms with Crippen molar-refractivity contribution in [3.05, 3.63) is 59.4 Å². The zero-order valence-electron chi connectivity index (χ0n) is 11.5. The van der Waals surface area contributed by atoms with E-state index in [9.17, 15) is 9.18 Å². The Balaban J connectivity index is 2.24. The first-order valence-electron chi connectivity index (χ1n) is 6.51. The van der Waals surface area contributed by atoms with Gasteiger partial charge in [0.1, 0.15) is 5.82 Å². The molecular formula is C16H17FN2O. The van der Waals surface area contributed by atoms with Gasteiger partial charge < -0.3 is 10.6 Å². The summed E-state index contributed by atoms with van der Waals surface area (Å²) in [6, 6.07) is 11.4. The minimum Gasteiger partial charge on any atom is -0.385 e. The molecule has 2 aromatic rings. The number of rotatable bonds is 4. The summed E-state index contributed by atoms with van der Waals surface area (Å²) in [4.78, 5) is 12.3. The van der Waals surface area contributed by atoms with Crippen molar-refractivity contribution in [2.75, 3.05) is 17.2 Å². The average Bonchev–Trinajstić information content (AvgIpc) is 2.39. The van der Waals surface area contributed by atoms with Crippen LogP contribution in [0.2, 0.25) is 0 Å². The van der Waals surface area contributed by atoms with Gasteiger partial charge in [-0.3, -0.25) is 4.79 Å². The van der Waals surface area contributed by atoms with E-state index in [4.69, 9.17) is 0 Å². The molecule has 0 heterocycles. The van der Waals surface area contributed by atoms with Crippen molar-refractivity contribution in [1.82, 2.24) is 0 Å². The summed E-state index contributed by atoms with van der Waals surface area (Å²) in [5.41, 5.74) is 2.84. The maximum atomic E-state index is 13.1. The number of halogens is 1. The Bertz CT molecular complexity index is 626. The zero-order valence-corrected chi connectivity index (χ0v) is 11.5. The van der Waals surface area contributed by atoms with Crippen LogP contribution in [-0.4, -0.2) is 12.5 Å². The maximum absolute atomic E-state index is 13.1. The van der Waals surface area contributed by atoms with Crippen molar-refractivity contribution in [3.63, 3.8) is 0 Å². The molecule has 4 heteroatoms. The molecule has 0 unspecified atom stereocenters. The second kappa shape index (κ2) is 6.19. The number of hydrogen-bond acceptors (Lipinski definition) is 2. The average molecular weight is 272 g/mol. The third-order valence-corrected chi connectivity index (χ3v) is 2.87. The van der Waals surface area contributed by atoms with Crippen LogP contribution in [0.5, 0.6) is 0 Å². The molecule has 0 bridgehead atoms. The van der Waals surface area contributed by atoms with Gasteiger partial charge in [0.25, 0.3) is 5.91 Å². The van der Waals surface area contributed by atoms with E-state index in [-0.39, 0.29) is 11.7 Å². The summed E-state index contributed by atoms with van der Waals surface area (Å²) < 4.78 is 13.1. The predicted molar refractivity (Wildman–Crippen MR) is 79.7 cm³/mol. The Morgan fingerprint density at radius 2 is 2.00 bits per heavy atom. The maximum Gasteiger partial charge on any atom is 0.257 e. The highest BCUT2D eigenvalue weighted by Gasteiger charge is 2.11. The second-order valence-corrected chi connectivity index (χ2v) is 4.54. The fraction of sp³-hybridized carbons (Fsp3) is 0.188. The van der Waals surface area contributed by atoms with Crippen molar-refractivity contribution >= 4 is 17.3 Å². The number of benzene rings is 2. The Kier molecular flexibility index (Phi) is 4.35. The number of carbonyl (C=O) groups excluding carboxylic acids is 1. The van der Waals surface area contributed by atoms with Gasteiger partial charge in [-0.2, -0.15) is 0 Å². The van der Waals surface area contributed by atoms with Crippen molar-refractivity contribution in [2.24, 2.45) is 0 Å². The van der Waals surface area contributed by atoms with Gasteiger partial charge in [-0.05, 0) is 49.7 Å². The van der Waals surface area contributed by atoms with Gasteiger partial charge >= 0.3 is 0 Å². The lowest BCUT2D eigenvalue weighted by atomic mass is 10.1. The number of hydrogen-bond donors (Lipinski definition) is 2. The highest BCUT2D eigenvalue weighted by Crippen LogP contribution is 2.19. The van der Waals surface area contributed by atoms with E-state index in [2.05, 4.69) is 10.6 Å². The quantitative estimate of drug-likeness (QED) is 0.888. The first-order valence-corrected chi connectivity index (χ1v) is 6.51. The van der Waals surface area contributed by atoms with Crippen LogP contribution in [0.25, 0.3) is 0 Å². The number of nitrogens with one attached hydrogen (secondary N) is 2. The van der Waals surface area contributed by atoms with Crippen LogP contribution in [0.1, 0.15) is 22.8 Å². The molecule has 2 rings (SSSR count). The Morgan fingerprint density at radius 1 is 1.20 bits per heavy atom. The fourth-order valence-electron chi connectivity index (χ4n) is 1.96. The molecule has 2 aromatic carbocycles. The minimum atomic E-state index is -0.376. The highest BCUT2D eigenvalue weighted by molar-refractivity contribution is 6.08. The molecule has 0 aliphatic rings. The molecule has 0 saturated heterocycles. The lowest BCUT2D eigenvalue weighted by molar-refractivity contribution is 0.102. The first-order chi connectivity index (χ1) is 9.60. The third kappa shape index (κ3) is 3.35. The van der Waals surface area contributed by atoms with Crippen LogP contribution in [0.3, 0.4) is 0 Å². The van der Waals surface area contributed by atoms with Gasteiger partial charge in [0.15, 0.2) is 0 Å². The van der Waals surface area contributed by atoms with Crippen LogP contribution < -0.4 is 10.6 Å². The monoisotopic (exact) mass is 272 g/mol. The topological polar surface area (TPSA) is 41.1 Å². The van der Waals surface area contributed by atoms with Crippen LogP contribution in [-0.2, 0) is 0 Å². The standard InChI is InChI=1S/C16H17FN2O/c1-3-18-15-9-11(2)7-8-14(15)16(20)19-13-6-4-5-12(17)10-13/h4-10,18H,3H2,1-2H3,(H,19,20). The molecule has 0 radical (unpaired) electrons. The van der Waals surface area contributed by atoms with Crippen molar-refractivity contribution < 1.29 is 9.18 Å². The predicted octanol–water partition coefficient (Wildman–Crippen LogP) is 3.82. The van der Waals surface area contributed by atoms with Gasteiger partial charge in [-0.15, -0.1) is 0 Å². The van der Waals surface area contributed by atoms with Gasteiger partial charge in [-0.25, -0.2) is 4.39 Å². The van der Waals surface area contributed by atoms with E-state index < -0.39 is 0 Å². The SMILES string of the molecule is CCNc1cc(C)ccc1C(=O)Nc1cccc(F)c1. The largest absolute Gasteiger partial charge is 0.385 e. The molecule has 3 nitrogen and oxygen atoms in total. The van der Waals surface area contributed by atoms with Gasteiger partial charge in [-0.1, -0.05) is 12.1 Å². The lowest BCUT2D eigenvalue weighted by Crippen LogP contribution is -2.15.